The molecule has 0 spiro atoms. The summed E-state index contributed by atoms with van der Waals surface area (Å²) in [6.45, 7) is 0.0230. The zero-order valence-electron chi connectivity index (χ0n) is 11.2. The van der Waals surface area contributed by atoms with E-state index in [2.05, 4.69) is 5.32 Å². The van der Waals surface area contributed by atoms with Gasteiger partial charge in [0.25, 0.3) is 0 Å². The van der Waals surface area contributed by atoms with Gasteiger partial charge in [-0.2, -0.15) is 0 Å². The van der Waals surface area contributed by atoms with Crippen molar-refractivity contribution < 1.29 is 23.8 Å². The molecule has 0 atom stereocenters. The van der Waals surface area contributed by atoms with Gasteiger partial charge in [0.2, 0.25) is 0 Å². The van der Waals surface area contributed by atoms with E-state index in [-0.39, 0.29) is 22.9 Å². The smallest absolute Gasteiger partial charge is 0.412 e. The number of carboxylic acids is 1. The van der Waals surface area contributed by atoms with Crippen molar-refractivity contribution in [3.8, 4) is 0 Å². The predicted octanol–water partition coefficient (Wildman–Crippen LogP) is 3.93. The summed E-state index contributed by atoms with van der Waals surface area (Å²) in [5, 5.41) is 10.8. The molecule has 0 heterocycles. The van der Waals surface area contributed by atoms with Crippen LogP contribution in [0, 0.1) is 5.82 Å². The van der Waals surface area contributed by atoms with Crippen LogP contribution in [-0.2, 0) is 11.3 Å². The van der Waals surface area contributed by atoms with Crippen LogP contribution in [-0.4, -0.2) is 17.2 Å². The molecule has 0 saturated heterocycles. The minimum absolute atomic E-state index is 0.0230. The van der Waals surface area contributed by atoms with Crippen LogP contribution in [0.25, 0.3) is 0 Å². The summed E-state index contributed by atoms with van der Waals surface area (Å²) in [5.74, 6) is -2.28. The maximum absolute atomic E-state index is 13.7. The first-order chi connectivity index (χ1) is 10.5. The van der Waals surface area contributed by atoms with E-state index in [4.69, 9.17) is 21.4 Å². The third kappa shape index (κ3) is 3.95. The molecule has 0 unspecified atom stereocenters. The van der Waals surface area contributed by atoms with Gasteiger partial charge in [-0.25, -0.2) is 14.0 Å². The number of halogens is 2. The van der Waals surface area contributed by atoms with E-state index in [0.717, 1.165) is 17.7 Å². The van der Waals surface area contributed by atoms with Gasteiger partial charge in [-0.15, -0.1) is 0 Å². The van der Waals surface area contributed by atoms with E-state index in [0.29, 0.717) is 0 Å². The highest BCUT2D eigenvalue weighted by molar-refractivity contribution is 6.33. The molecule has 7 heteroatoms. The molecule has 2 aromatic carbocycles. The number of hydrogen-bond donors (Lipinski definition) is 2. The van der Waals surface area contributed by atoms with Gasteiger partial charge in [-0.05, 0) is 17.7 Å². The Morgan fingerprint density at radius 2 is 1.91 bits per heavy atom. The SMILES string of the molecule is O=C(Nc1cc(Cl)c(C(=O)O)cc1F)OCc1ccccc1. The zero-order chi connectivity index (χ0) is 16.1. The predicted molar refractivity (Wildman–Crippen MR) is 78.6 cm³/mol. The largest absolute Gasteiger partial charge is 0.478 e. The summed E-state index contributed by atoms with van der Waals surface area (Å²) in [4.78, 5) is 22.4. The van der Waals surface area contributed by atoms with Crippen LogP contribution in [0.5, 0.6) is 0 Å². The minimum Gasteiger partial charge on any atom is -0.478 e. The van der Waals surface area contributed by atoms with Crippen molar-refractivity contribution >= 4 is 29.4 Å². The Labute approximate surface area is 130 Å². The van der Waals surface area contributed by atoms with Crippen molar-refractivity contribution in [3.05, 3.63) is 64.4 Å². The number of carbonyl (C=O) groups is 2. The molecule has 2 N–H and O–H groups in total. The number of hydrogen-bond acceptors (Lipinski definition) is 3. The number of amides is 1. The molecule has 2 rings (SSSR count). The fraction of sp³-hybridized carbons (Fsp3) is 0.0667. The summed E-state index contributed by atoms with van der Waals surface area (Å²) in [6, 6.07) is 10.7. The second-order valence-corrected chi connectivity index (χ2v) is 4.71. The lowest BCUT2D eigenvalue weighted by atomic mass is 10.2. The summed E-state index contributed by atoms with van der Waals surface area (Å²) < 4.78 is 18.7. The van der Waals surface area contributed by atoms with Gasteiger partial charge < -0.3 is 9.84 Å². The molecule has 0 radical (unpaired) electrons. The maximum Gasteiger partial charge on any atom is 0.412 e. The number of rotatable bonds is 4. The third-order valence-electron chi connectivity index (χ3n) is 2.74. The Bertz CT molecular complexity index is 706. The van der Waals surface area contributed by atoms with Crippen molar-refractivity contribution in [2.75, 3.05) is 5.32 Å². The lowest BCUT2D eigenvalue weighted by molar-refractivity contribution is 0.0696. The molecule has 0 saturated carbocycles. The molecule has 0 fully saturated rings. The maximum atomic E-state index is 13.7. The van der Waals surface area contributed by atoms with E-state index in [1.165, 1.54) is 0 Å². The molecule has 5 nitrogen and oxygen atoms in total. The van der Waals surface area contributed by atoms with Gasteiger partial charge in [0.1, 0.15) is 12.4 Å². The van der Waals surface area contributed by atoms with Crippen molar-refractivity contribution in [3.63, 3.8) is 0 Å². The lowest BCUT2D eigenvalue weighted by Crippen LogP contribution is -2.15. The van der Waals surface area contributed by atoms with Crippen LogP contribution in [0.2, 0.25) is 5.02 Å². The first-order valence-corrected chi connectivity index (χ1v) is 6.55. The van der Waals surface area contributed by atoms with Gasteiger partial charge >= 0.3 is 12.1 Å². The highest BCUT2D eigenvalue weighted by atomic mass is 35.5. The second-order valence-electron chi connectivity index (χ2n) is 4.30. The first kappa shape index (κ1) is 15.8. The van der Waals surface area contributed by atoms with Crippen molar-refractivity contribution in [2.45, 2.75) is 6.61 Å². The van der Waals surface area contributed by atoms with E-state index >= 15 is 0 Å². The van der Waals surface area contributed by atoms with Gasteiger partial charge in [0, 0.05) is 0 Å². The lowest BCUT2D eigenvalue weighted by Gasteiger charge is -2.09. The third-order valence-corrected chi connectivity index (χ3v) is 3.05. The van der Waals surface area contributed by atoms with Gasteiger partial charge in [0.05, 0.1) is 16.3 Å². The monoisotopic (exact) mass is 323 g/mol. The standard InChI is InChI=1S/C15H11ClFNO4/c16-11-7-13(12(17)6-10(11)14(19)20)18-15(21)22-8-9-4-2-1-3-5-9/h1-7H,8H2,(H,18,21)(H,19,20). The van der Waals surface area contributed by atoms with Crippen molar-refractivity contribution in [2.24, 2.45) is 0 Å². The number of benzene rings is 2. The highest BCUT2D eigenvalue weighted by Crippen LogP contribution is 2.24. The molecule has 1 amide bonds. The summed E-state index contributed by atoms with van der Waals surface area (Å²) >= 11 is 5.71. The van der Waals surface area contributed by atoms with Crippen LogP contribution in [0.15, 0.2) is 42.5 Å². The number of carbonyl (C=O) groups excluding carboxylic acids is 1. The van der Waals surface area contributed by atoms with Crippen LogP contribution in [0.3, 0.4) is 0 Å². The van der Waals surface area contributed by atoms with E-state index in [9.17, 15) is 14.0 Å². The van der Waals surface area contributed by atoms with Gasteiger partial charge in [-0.3, -0.25) is 5.32 Å². The number of aromatic carboxylic acids is 1. The average molecular weight is 324 g/mol. The molecule has 0 aliphatic heterocycles. The van der Waals surface area contributed by atoms with Crippen molar-refractivity contribution in [1.29, 1.82) is 0 Å². The Balaban J connectivity index is 2.02. The summed E-state index contributed by atoms with van der Waals surface area (Å²) in [6.07, 6.45) is -0.873. The van der Waals surface area contributed by atoms with E-state index < -0.39 is 17.9 Å². The Morgan fingerprint density at radius 3 is 2.55 bits per heavy atom. The average Bonchev–Trinajstić information content (AvgIpc) is 2.49. The minimum atomic E-state index is -1.36. The summed E-state index contributed by atoms with van der Waals surface area (Å²) in [5.41, 5.74) is 0.132. The van der Waals surface area contributed by atoms with Crippen LogP contribution in [0.1, 0.15) is 15.9 Å². The Hall–Kier alpha value is -2.60. The molecule has 2 aromatic rings. The number of carboxylic acid groups (broad SMARTS) is 1. The molecular weight excluding hydrogens is 313 g/mol. The van der Waals surface area contributed by atoms with E-state index in [1.54, 1.807) is 24.3 Å². The highest BCUT2D eigenvalue weighted by Gasteiger charge is 2.15. The first-order valence-electron chi connectivity index (χ1n) is 6.17. The fourth-order valence-corrected chi connectivity index (χ4v) is 1.92. The van der Waals surface area contributed by atoms with Crippen LogP contribution >= 0.6 is 11.6 Å². The van der Waals surface area contributed by atoms with E-state index in [1.807, 2.05) is 6.07 Å². The molecule has 0 aromatic heterocycles. The molecule has 0 aliphatic carbocycles. The summed E-state index contributed by atoms with van der Waals surface area (Å²) in [7, 11) is 0. The second kappa shape index (κ2) is 6.91. The van der Waals surface area contributed by atoms with Gasteiger partial charge in [0.15, 0.2) is 0 Å². The molecular formula is C15H11ClFNO4. The van der Waals surface area contributed by atoms with Crippen molar-refractivity contribution in [1.82, 2.24) is 0 Å². The fourth-order valence-electron chi connectivity index (χ4n) is 1.68. The Kier molecular flexibility index (Phi) is 4.95. The molecule has 0 bridgehead atoms. The normalized spacial score (nSPS) is 10.1. The molecule has 0 aliphatic rings. The van der Waals surface area contributed by atoms with Gasteiger partial charge in [-0.1, -0.05) is 41.9 Å². The number of nitrogens with one attached hydrogen (secondary N) is 1. The topological polar surface area (TPSA) is 75.6 Å². The quantitative estimate of drug-likeness (QED) is 0.894. The Morgan fingerprint density at radius 1 is 1.23 bits per heavy atom. The van der Waals surface area contributed by atoms with Crippen LogP contribution < -0.4 is 5.32 Å². The molecule has 114 valence electrons. The zero-order valence-corrected chi connectivity index (χ0v) is 11.9. The molecule has 22 heavy (non-hydrogen) atoms. The number of anilines is 1. The number of ether oxygens (including phenoxy) is 1. The van der Waals surface area contributed by atoms with Crippen LogP contribution in [0.4, 0.5) is 14.9 Å².